The fraction of sp³-hybridized carbons (Fsp3) is 0.217. The van der Waals surface area contributed by atoms with E-state index in [0.717, 1.165) is 22.3 Å². The highest BCUT2D eigenvalue weighted by Gasteiger charge is 2.03. The molecule has 0 fully saturated rings. The van der Waals surface area contributed by atoms with Gasteiger partial charge >= 0.3 is 6.03 Å². The Morgan fingerprint density at radius 3 is 2.24 bits per heavy atom. The number of ether oxygens (including phenoxy) is 2. The van der Waals surface area contributed by atoms with Gasteiger partial charge in [0.25, 0.3) is 0 Å². The van der Waals surface area contributed by atoms with Crippen LogP contribution in [0.4, 0.5) is 4.79 Å². The van der Waals surface area contributed by atoms with Crippen LogP contribution >= 0.6 is 0 Å². The van der Waals surface area contributed by atoms with Crippen LogP contribution in [0.2, 0.25) is 0 Å². The van der Waals surface area contributed by atoms with Gasteiger partial charge < -0.3 is 20.1 Å². The molecule has 1 heterocycles. The van der Waals surface area contributed by atoms with Crippen molar-refractivity contribution in [3.8, 4) is 5.88 Å². The molecular weight excluding hydrogens is 366 g/mol. The molecule has 6 heteroatoms. The molecule has 3 rings (SSSR count). The van der Waals surface area contributed by atoms with Gasteiger partial charge in [0.05, 0.1) is 20.3 Å². The normalized spacial score (nSPS) is 10.4. The summed E-state index contributed by atoms with van der Waals surface area (Å²) in [5, 5.41) is 5.68. The van der Waals surface area contributed by atoms with Gasteiger partial charge in [0.1, 0.15) is 0 Å². The van der Waals surface area contributed by atoms with Gasteiger partial charge in [0.2, 0.25) is 5.88 Å². The van der Waals surface area contributed by atoms with Crippen LogP contribution in [0.5, 0.6) is 5.88 Å². The average Bonchev–Trinajstić information content (AvgIpc) is 2.77. The average molecular weight is 391 g/mol. The second-order valence-corrected chi connectivity index (χ2v) is 6.54. The minimum atomic E-state index is -0.230. The molecule has 2 aromatic carbocycles. The second-order valence-electron chi connectivity index (χ2n) is 6.54. The SMILES string of the molecule is COc1ccc(CNC(=O)NCc2cccc(COCc3ccccc3)c2)cn1. The van der Waals surface area contributed by atoms with Gasteiger partial charge in [-0.3, -0.25) is 0 Å². The summed E-state index contributed by atoms with van der Waals surface area (Å²) in [5.41, 5.74) is 4.14. The van der Waals surface area contributed by atoms with Crippen LogP contribution in [0.1, 0.15) is 22.3 Å². The summed E-state index contributed by atoms with van der Waals surface area (Å²) < 4.78 is 10.8. The maximum Gasteiger partial charge on any atom is 0.315 e. The Labute approximate surface area is 170 Å². The summed E-state index contributed by atoms with van der Waals surface area (Å²) in [7, 11) is 1.57. The van der Waals surface area contributed by atoms with Crippen LogP contribution in [-0.4, -0.2) is 18.1 Å². The Kier molecular flexibility index (Phi) is 7.60. The molecule has 0 unspecified atom stereocenters. The maximum atomic E-state index is 12.0. The second kappa shape index (κ2) is 10.8. The Morgan fingerprint density at radius 2 is 1.52 bits per heavy atom. The number of carbonyl (C=O) groups is 1. The van der Waals surface area contributed by atoms with E-state index in [1.54, 1.807) is 19.4 Å². The van der Waals surface area contributed by atoms with E-state index in [9.17, 15) is 4.79 Å². The number of hydrogen-bond donors (Lipinski definition) is 2. The number of rotatable bonds is 9. The lowest BCUT2D eigenvalue weighted by Gasteiger charge is -2.10. The quantitative estimate of drug-likeness (QED) is 0.582. The molecule has 0 aliphatic carbocycles. The van der Waals surface area contributed by atoms with Crippen LogP contribution < -0.4 is 15.4 Å². The fourth-order valence-electron chi connectivity index (χ4n) is 2.75. The number of aromatic nitrogens is 1. The first-order valence-electron chi connectivity index (χ1n) is 9.43. The summed E-state index contributed by atoms with van der Waals surface area (Å²) in [6.45, 7) is 1.95. The highest BCUT2D eigenvalue weighted by molar-refractivity contribution is 5.73. The third kappa shape index (κ3) is 6.93. The van der Waals surface area contributed by atoms with E-state index in [2.05, 4.69) is 15.6 Å². The van der Waals surface area contributed by atoms with Crippen molar-refractivity contribution in [2.45, 2.75) is 26.3 Å². The van der Waals surface area contributed by atoms with E-state index in [0.29, 0.717) is 32.2 Å². The lowest BCUT2D eigenvalue weighted by atomic mass is 10.1. The van der Waals surface area contributed by atoms with E-state index in [1.807, 2.05) is 60.7 Å². The molecular formula is C23H25N3O3. The zero-order valence-corrected chi connectivity index (χ0v) is 16.4. The summed E-state index contributed by atoms with van der Waals surface area (Å²) in [6, 6.07) is 21.5. The molecule has 0 saturated heterocycles. The van der Waals surface area contributed by atoms with Crippen LogP contribution in [-0.2, 0) is 31.0 Å². The standard InChI is InChI=1S/C23H25N3O3/c1-28-22-11-10-21(14-24-22)15-26-23(27)25-13-19-8-5-9-20(12-19)17-29-16-18-6-3-2-4-7-18/h2-12,14H,13,15-17H2,1H3,(H2,25,26,27). The maximum absolute atomic E-state index is 12.0. The Balaban J connectivity index is 1.40. The minimum Gasteiger partial charge on any atom is -0.481 e. The Morgan fingerprint density at radius 1 is 0.828 bits per heavy atom. The van der Waals surface area contributed by atoms with Crippen molar-refractivity contribution in [1.82, 2.24) is 15.6 Å². The van der Waals surface area contributed by atoms with E-state index < -0.39 is 0 Å². The van der Waals surface area contributed by atoms with Gasteiger partial charge in [-0.2, -0.15) is 0 Å². The van der Waals surface area contributed by atoms with Gasteiger partial charge in [-0.05, 0) is 22.3 Å². The van der Waals surface area contributed by atoms with Crippen molar-refractivity contribution in [2.75, 3.05) is 7.11 Å². The number of nitrogens with zero attached hydrogens (tertiary/aromatic N) is 1. The van der Waals surface area contributed by atoms with Crippen molar-refractivity contribution in [3.63, 3.8) is 0 Å². The molecule has 3 aromatic rings. The number of methoxy groups -OCH3 is 1. The van der Waals surface area contributed by atoms with E-state index in [4.69, 9.17) is 9.47 Å². The first kappa shape index (κ1) is 20.4. The van der Waals surface area contributed by atoms with Crippen LogP contribution in [0.25, 0.3) is 0 Å². The zero-order valence-electron chi connectivity index (χ0n) is 16.4. The predicted octanol–water partition coefficient (Wildman–Crippen LogP) is 3.81. The van der Waals surface area contributed by atoms with E-state index in [-0.39, 0.29) is 6.03 Å². The molecule has 0 bridgehead atoms. The molecule has 0 aliphatic heterocycles. The number of hydrogen-bond acceptors (Lipinski definition) is 4. The van der Waals surface area contributed by atoms with Crippen LogP contribution in [0.3, 0.4) is 0 Å². The molecule has 2 amide bonds. The minimum absolute atomic E-state index is 0.230. The Bertz CT molecular complexity index is 899. The topological polar surface area (TPSA) is 72.5 Å². The molecule has 6 nitrogen and oxygen atoms in total. The zero-order chi connectivity index (χ0) is 20.3. The molecule has 1 aromatic heterocycles. The summed E-state index contributed by atoms with van der Waals surface area (Å²) >= 11 is 0. The summed E-state index contributed by atoms with van der Waals surface area (Å²) in [4.78, 5) is 16.2. The smallest absolute Gasteiger partial charge is 0.315 e. The first-order chi connectivity index (χ1) is 14.2. The number of pyridine rings is 1. The molecule has 0 aliphatic rings. The Hall–Kier alpha value is -3.38. The first-order valence-corrected chi connectivity index (χ1v) is 9.43. The fourth-order valence-corrected chi connectivity index (χ4v) is 2.75. The molecule has 150 valence electrons. The molecule has 0 spiro atoms. The largest absolute Gasteiger partial charge is 0.481 e. The third-order valence-corrected chi connectivity index (χ3v) is 4.28. The summed E-state index contributed by atoms with van der Waals surface area (Å²) in [5.74, 6) is 0.547. The number of urea groups is 1. The molecule has 29 heavy (non-hydrogen) atoms. The molecule has 0 atom stereocenters. The number of benzene rings is 2. The van der Waals surface area contributed by atoms with Crippen molar-refractivity contribution < 1.29 is 14.3 Å². The lowest BCUT2D eigenvalue weighted by Crippen LogP contribution is -2.34. The highest BCUT2D eigenvalue weighted by atomic mass is 16.5. The molecule has 0 radical (unpaired) electrons. The van der Waals surface area contributed by atoms with Gasteiger partial charge in [0, 0.05) is 25.4 Å². The van der Waals surface area contributed by atoms with Crippen molar-refractivity contribution in [3.05, 3.63) is 95.2 Å². The lowest BCUT2D eigenvalue weighted by molar-refractivity contribution is 0.107. The van der Waals surface area contributed by atoms with Gasteiger partial charge in [-0.15, -0.1) is 0 Å². The van der Waals surface area contributed by atoms with Crippen molar-refractivity contribution in [2.24, 2.45) is 0 Å². The van der Waals surface area contributed by atoms with Gasteiger partial charge in [-0.1, -0.05) is 60.7 Å². The predicted molar refractivity (Wildman–Crippen MR) is 111 cm³/mol. The molecule has 0 saturated carbocycles. The van der Waals surface area contributed by atoms with Crippen molar-refractivity contribution in [1.29, 1.82) is 0 Å². The number of carbonyl (C=O) groups excluding carboxylic acids is 1. The number of nitrogens with one attached hydrogen (secondary N) is 2. The third-order valence-electron chi connectivity index (χ3n) is 4.28. The van der Waals surface area contributed by atoms with E-state index >= 15 is 0 Å². The van der Waals surface area contributed by atoms with Crippen LogP contribution in [0, 0.1) is 0 Å². The molecule has 2 N–H and O–H groups in total. The summed E-state index contributed by atoms with van der Waals surface area (Å²) in [6.07, 6.45) is 1.68. The van der Waals surface area contributed by atoms with Gasteiger partial charge in [0.15, 0.2) is 0 Å². The number of amides is 2. The van der Waals surface area contributed by atoms with E-state index in [1.165, 1.54) is 0 Å². The van der Waals surface area contributed by atoms with Crippen molar-refractivity contribution >= 4 is 6.03 Å². The monoisotopic (exact) mass is 391 g/mol. The van der Waals surface area contributed by atoms with Gasteiger partial charge in [-0.25, -0.2) is 9.78 Å². The van der Waals surface area contributed by atoms with Crippen LogP contribution in [0.15, 0.2) is 72.9 Å². The highest BCUT2D eigenvalue weighted by Crippen LogP contribution is 2.09.